The van der Waals surface area contributed by atoms with Gasteiger partial charge < -0.3 is 28.8 Å². The van der Waals surface area contributed by atoms with Crippen molar-refractivity contribution in [1.82, 2.24) is 27.0 Å². The monoisotopic (exact) mass is 1380 g/mol. The lowest BCUT2D eigenvalue weighted by Crippen LogP contribution is -2.22. The molecule has 4 aromatic heterocycles. The maximum absolute atomic E-state index is 14.4. The zero-order valence-corrected chi connectivity index (χ0v) is 61.3. The molecular weight excluding hydrogens is 1300 g/mol. The third-order valence-electron chi connectivity index (χ3n) is 18.1. The van der Waals surface area contributed by atoms with E-state index in [0.717, 1.165) is 62.1 Å². The molecule has 2 atom stereocenters. The van der Waals surface area contributed by atoms with E-state index in [1.165, 1.54) is 7.94 Å². The molecule has 504 valence electrons. The van der Waals surface area contributed by atoms with Gasteiger partial charge in [0.1, 0.15) is 37.3 Å². The molecule has 0 saturated carbocycles. The predicted molar refractivity (Wildman–Crippen MR) is 396 cm³/mol. The topological polar surface area (TPSA) is 220 Å². The largest absolute Gasteiger partial charge is 0.380 e. The number of aliphatic hydroxyl groups excluding tert-OH is 2. The number of ether oxygens (including phenoxy) is 2. The van der Waals surface area contributed by atoms with Crippen molar-refractivity contribution in [3.8, 4) is 34.4 Å². The third-order valence-corrected chi connectivity index (χ3v) is 24.8. The van der Waals surface area contributed by atoms with Gasteiger partial charge in [-0.3, -0.25) is 0 Å². The van der Waals surface area contributed by atoms with Gasteiger partial charge in [-0.1, -0.05) is 161 Å². The summed E-state index contributed by atoms with van der Waals surface area (Å²) in [5.74, 6) is 0.734. The van der Waals surface area contributed by atoms with E-state index < -0.39 is 48.4 Å². The average Bonchev–Trinajstić information content (AvgIpc) is 1.56. The number of rotatable bonds is 22. The molecule has 0 aliphatic carbocycles. The summed E-state index contributed by atoms with van der Waals surface area (Å²) in [6.07, 6.45) is 2.07. The number of imidazole rings is 2. The van der Waals surface area contributed by atoms with Crippen LogP contribution in [0.15, 0.2) is 180 Å². The van der Waals surface area contributed by atoms with E-state index in [-0.39, 0.29) is 23.3 Å². The molecule has 98 heavy (non-hydrogen) atoms. The quantitative estimate of drug-likeness (QED) is 0.0478. The van der Waals surface area contributed by atoms with Gasteiger partial charge in [0.2, 0.25) is 0 Å². The van der Waals surface area contributed by atoms with Crippen LogP contribution in [0.1, 0.15) is 93.3 Å². The summed E-state index contributed by atoms with van der Waals surface area (Å²) in [5.41, 5.74) is 14.1. The molecule has 0 aliphatic rings. The van der Waals surface area contributed by atoms with Crippen molar-refractivity contribution < 1.29 is 36.5 Å². The Hall–Kier alpha value is -9.07. The molecule has 0 radical (unpaired) electrons. The van der Waals surface area contributed by atoms with Crippen molar-refractivity contribution in [1.29, 1.82) is 10.5 Å². The first-order valence-corrected chi connectivity index (χ1v) is 43.4. The summed E-state index contributed by atoms with van der Waals surface area (Å²) in [7, 11) is -10.7. The lowest BCUT2D eigenvalue weighted by molar-refractivity contribution is 0.0815. The highest BCUT2D eigenvalue weighted by molar-refractivity contribution is 7.90. The Bertz CT molecular complexity index is 5070. The van der Waals surface area contributed by atoms with Crippen LogP contribution in [0.2, 0.25) is 51.4 Å². The van der Waals surface area contributed by atoms with Crippen LogP contribution in [0, 0.1) is 50.4 Å². The average molecular weight is 1380 g/mol. The van der Waals surface area contributed by atoms with Crippen LogP contribution in [0.5, 0.6) is 0 Å². The van der Waals surface area contributed by atoms with Gasteiger partial charge in [-0.25, -0.2) is 34.7 Å². The van der Waals surface area contributed by atoms with Gasteiger partial charge in [-0.15, -0.1) is 0 Å². The first-order chi connectivity index (χ1) is 46.7. The molecule has 20 heteroatoms. The second-order valence-electron chi connectivity index (χ2n) is 27.7. The molecule has 0 fully saturated rings. The van der Waals surface area contributed by atoms with E-state index in [9.17, 15) is 37.6 Å². The molecule has 12 aromatic rings. The first kappa shape index (κ1) is 70.3. The fourth-order valence-corrected chi connectivity index (χ4v) is 17.1. The Morgan fingerprint density at radius 2 is 0.898 bits per heavy atom. The molecule has 0 amide bonds. The smallest absolute Gasteiger partial charge is 0.268 e. The number of nitriles is 2. The number of nitrogens with zero attached hydrogens (tertiary/aromatic N) is 8. The molecule has 2 unspecified atom stereocenters. The fraction of sp³-hybridized carbons (Fsp3) is 0.282. The minimum atomic E-state index is -4.02. The number of hydrogen-bond donors (Lipinski definition) is 2. The molecule has 0 saturated heterocycles. The van der Waals surface area contributed by atoms with Gasteiger partial charge >= 0.3 is 0 Å². The van der Waals surface area contributed by atoms with Gasteiger partial charge in [0, 0.05) is 74.8 Å². The lowest BCUT2D eigenvalue weighted by Gasteiger charge is -2.21. The molecule has 0 spiro atoms. The number of hydrogen-bond acceptors (Lipinski definition) is 12. The van der Waals surface area contributed by atoms with Gasteiger partial charge in [0.25, 0.3) is 20.0 Å². The summed E-state index contributed by atoms with van der Waals surface area (Å²) in [4.78, 5) is 10.2. The van der Waals surface area contributed by atoms with E-state index in [0.29, 0.717) is 109 Å². The highest BCUT2D eigenvalue weighted by Gasteiger charge is 2.34. The van der Waals surface area contributed by atoms with E-state index in [2.05, 4.69) is 51.4 Å². The Kier molecular flexibility index (Phi) is 20.4. The number of benzene rings is 8. The van der Waals surface area contributed by atoms with E-state index in [1.807, 2.05) is 130 Å². The van der Waals surface area contributed by atoms with Gasteiger partial charge in [0.15, 0.2) is 0 Å². The number of aryl methyl sites for hydroxylation is 6. The van der Waals surface area contributed by atoms with Crippen molar-refractivity contribution in [2.75, 3.05) is 13.2 Å². The highest BCUT2D eigenvalue weighted by Crippen LogP contribution is 2.45. The number of fused-ring (bicyclic) bond motifs is 4. The van der Waals surface area contributed by atoms with Crippen LogP contribution in [-0.2, 0) is 55.8 Å². The zero-order valence-electron chi connectivity index (χ0n) is 57.7. The summed E-state index contributed by atoms with van der Waals surface area (Å²) in [5, 5.41) is 45.7. The standard InChI is InChI=1S/2C39H42N4O4SSi/c1-7-29-21-27(3)37-36(32(30-11-9-8-10-12-30)24-43(37)48(45,46)31-16-13-26(2)14-17-31)35(29)38(44)39-41-33-22-28(23-40)15-18-34(33)42(39)25-47-19-20-49(4,5)6;1-7-29-21-27(3)37-36(32(30-11-9-8-10-12-30)24-43(37)48(45,46)31-16-13-26(2)14-17-31)35(29)38(44)39-41-33-18-15-28(23-40)22-34(33)42(39)25-47-19-20-49(4,5)6/h2*8-18,21-22,24,38,44H,7,19-20,25H2,1-6H3. The van der Waals surface area contributed by atoms with Crippen molar-refractivity contribution in [2.45, 2.75) is 141 Å². The highest BCUT2D eigenvalue weighted by atomic mass is 32.2. The van der Waals surface area contributed by atoms with Crippen LogP contribution in [0.25, 0.3) is 66.1 Å². The minimum Gasteiger partial charge on any atom is -0.380 e. The molecule has 0 aliphatic heterocycles. The molecule has 4 heterocycles. The summed E-state index contributed by atoms with van der Waals surface area (Å²) in [6.45, 7) is 27.0. The Morgan fingerprint density at radius 3 is 1.31 bits per heavy atom. The molecule has 2 N–H and O–H groups in total. The molecule has 0 bridgehead atoms. The summed E-state index contributed by atoms with van der Waals surface area (Å²) in [6, 6.07) is 53.9. The molecule has 16 nitrogen and oxygen atoms in total. The molecular formula is C78H84N8O8S2Si2. The van der Waals surface area contributed by atoms with Crippen LogP contribution in [0.3, 0.4) is 0 Å². The van der Waals surface area contributed by atoms with E-state index >= 15 is 0 Å². The first-order valence-electron chi connectivity index (χ1n) is 33.1. The third kappa shape index (κ3) is 14.2. The van der Waals surface area contributed by atoms with Crippen LogP contribution in [0.4, 0.5) is 0 Å². The van der Waals surface area contributed by atoms with Gasteiger partial charge in [-0.05, 0) is 147 Å². The number of aliphatic hydroxyl groups is 2. The summed E-state index contributed by atoms with van der Waals surface area (Å²) >= 11 is 0. The number of aromatic nitrogens is 6. The lowest BCUT2D eigenvalue weighted by atomic mass is 9.90. The summed E-state index contributed by atoms with van der Waals surface area (Å²) < 4.78 is 76.3. The van der Waals surface area contributed by atoms with E-state index in [4.69, 9.17) is 19.4 Å². The Balaban J connectivity index is 0.000000198. The Labute approximate surface area is 576 Å². The zero-order chi connectivity index (χ0) is 70.2. The molecule has 12 rings (SSSR count). The Morgan fingerprint density at radius 1 is 0.500 bits per heavy atom. The van der Waals surface area contributed by atoms with Crippen molar-refractivity contribution in [3.63, 3.8) is 0 Å². The second kappa shape index (κ2) is 28.4. The van der Waals surface area contributed by atoms with Crippen LogP contribution < -0.4 is 0 Å². The van der Waals surface area contributed by atoms with Crippen LogP contribution in [-0.4, -0.2) is 83.5 Å². The van der Waals surface area contributed by atoms with Gasteiger partial charge in [-0.2, -0.15) is 10.5 Å². The van der Waals surface area contributed by atoms with E-state index in [1.54, 1.807) is 91.3 Å². The maximum atomic E-state index is 14.4. The minimum absolute atomic E-state index is 0.146. The second-order valence-corrected chi connectivity index (χ2v) is 42.5. The van der Waals surface area contributed by atoms with Gasteiger partial charge in [0.05, 0.1) is 66.2 Å². The van der Waals surface area contributed by atoms with Crippen molar-refractivity contribution in [3.05, 3.63) is 237 Å². The SMILES string of the molecule is CCc1cc(C)c2c(c(-c3ccccc3)cn2S(=O)(=O)c2ccc(C)cc2)c1C(O)c1nc2cc(C#N)ccc2n1COCC[Si](C)(C)C.CCc1cc(C)c2c(c(-c3ccccc3)cn2S(=O)(=O)c2ccc(C)cc2)c1C(O)c1nc2ccc(C#N)cc2n1COCC[Si](C)(C)C. The van der Waals surface area contributed by atoms with Crippen molar-refractivity contribution in [2.24, 2.45) is 0 Å². The molecule has 8 aromatic carbocycles. The van der Waals surface area contributed by atoms with Crippen molar-refractivity contribution >= 4 is 80.1 Å². The maximum Gasteiger partial charge on any atom is 0.268 e. The van der Waals surface area contributed by atoms with Crippen LogP contribution >= 0.6 is 0 Å². The normalized spacial score (nSPS) is 12.9. The predicted octanol–water partition coefficient (Wildman–Crippen LogP) is 16.7. The fourth-order valence-electron chi connectivity index (χ4n) is 12.7.